The predicted octanol–water partition coefficient (Wildman–Crippen LogP) is 4.80. The number of rotatable bonds is 2. The van der Waals surface area contributed by atoms with Crippen LogP contribution >= 0.6 is 0 Å². The molecule has 5 nitrogen and oxygen atoms in total. The number of ether oxygens (including phenoxy) is 2. The molecule has 0 aromatic heterocycles. The fourth-order valence-electron chi connectivity index (χ4n) is 3.93. The van der Waals surface area contributed by atoms with Crippen LogP contribution in [0.25, 0.3) is 0 Å². The highest BCUT2D eigenvalue weighted by Gasteiger charge is 2.34. The molecule has 0 saturated heterocycles. The number of para-hydroxylation sites is 1. The van der Waals surface area contributed by atoms with Crippen molar-refractivity contribution in [2.24, 2.45) is 0 Å². The number of anilines is 2. The standard InChI is InChI=1S/C23H20N2O3/c1-14-9-15(2)11-17(10-14)25-22(16-7-8-20-21(12-16)28-13-27-20)24-19-6-4-3-5-18(19)23(25)26/h3-12,22,24H,13H2,1-2H3. The number of carbonyl (C=O) groups is 1. The summed E-state index contributed by atoms with van der Waals surface area (Å²) >= 11 is 0. The van der Waals surface area contributed by atoms with Crippen molar-refractivity contribution in [3.05, 3.63) is 82.9 Å². The van der Waals surface area contributed by atoms with E-state index >= 15 is 0 Å². The minimum atomic E-state index is -0.349. The fourth-order valence-corrected chi connectivity index (χ4v) is 3.93. The highest BCUT2D eigenvalue weighted by atomic mass is 16.7. The second-order valence-corrected chi connectivity index (χ2v) is 7.23. The molecule has 1 N–H and O–H groups in total. The van der Waals surface area contributed by atoms with Gasteiger partial charge in [0, 0.05) is 11.4 Å². The Kier molecular flexibility index (Phi) is 3.76. The number of amides is 1. The monoisotopic (exact) mass is 372 g/mol. The fraction of sp³-hybridized carbons (Fsp3) is 0.174. The van der Waals surface area contributed by atoms with Gasteiger partial charge in [0.25, 0.3) is 5.91 Å². The van der Waals surface area contributed by atoms with Crippen LogP contribution < -0.4 is 19.7 Å². The molecule has 3 aromatic rings. The molecule has 2 aliphatic rings. The molecule has 3 aromatic carbocycles. The Morgan fingerprint density at radius 2 is 1.68 bits per heavy atom. The molecule has 0 saturated carbocycles. The van der Waals surface area contributed by atoms with Crippen LogP contribution in [-0.2, 0) is 0 Å². The largest absolute Gasteiger partial charge is 0.454 e. The quantitative estimate of drug-likeness (QED) is 0.702. The number of hydrogen-bond acceptors (Lipinski definition) is 4. The molecule has 5 heteroatoms. The van der Waals surface area contributed by atoms with Gasteiger partial charge in [0.2, 0.25) is 6.79 Å². The van der Waals surface area contributed by atoms with E-state index in [0.29, 0.717) is 11.3 Å². The van der Waals surface area contributed by atoms with Crippen molar-refractivity contribution >= 4 is 17.3 Å². The average molecular weight is 372 g/mol. The van der Waals surface area contributed by atoms with E-state index in [4.69, 9.17) is 9.47 Å². The second kappa shape index (κ2) is 6.30. The van der Waals surface area contributed by atoms with Crippen LogP contribution in [0.2, 0.25) is 0 Å². The molecular formula is C23H20N2O3. The third-order valence-electron chi connectivity index (χ3n) is 5.12. The molecule has 28 heavy (non-hydrogen) atoms. The Morgan fingerprint density at radius 1 is 0.929 bits per heavy atom. The van der Waals surface area contributed by atoms with Gasteiger partial charge in [0.05, 0.1) is 5.56 Å². The summed E-state index contributed by atoms with van der Waals surface area (Å²) in [5.74, 6) is 1.40. The van der Waals surface area contributed by atoms with Crippen molar-refractivity contribution in [1.29, 1.82) is 0 Å². The van der Waals surface area contributed by atoms with Crippen LogP contribution in [0, 0.1) is 13.8 Å². The highest BCUT2D eigenvalue weighted by Crippen LogP contribution is 2.40. The molecule has 0 spiro atoms. The van der Waals surface area contributed by atoms with Gasteiger partial charge in [-0.15, -0.1) is 0 Å². The first-order valence-corrected chi connectivity index (χ1v) is 9.27. The van der Waals surface area contributed by atoms with Gasteiger partial charge in [-0.05, 0) is 66.9 Å². The minimum Gasteiger partial charge on any atom is -0.454 e. The number of hydrogen-bond donors (Lipinski definition) is 1. The maximum atomic E-state index is 13.5. The van der Waals surface area contributed by atoms with E-state index in [0.717, 1.165) is 33.8 Å². The van der Waals surface area contributed by atoms with Crippen molar-refractivity contribution in [2.45, 2.75) is 20.0 Å². The van der Waals surface area contributed by atoms with Crippen LogP contribution in [0.1, 0.15) is 33.2 Å². The Bertz CT molecular complexity index is 1070. The van der Waals surface area contributed by atoms with Gasteiger partial charge in [0.15, 0.2) is 11.5 Å². The lowest BCUT2D eigenvalue weighted by Crippen LogP contribution is -2.43. The molecule has 0 aliphatic carbocycles. The summed E-state index contributed by atoms with van der Waals surface area (Å²) in [6, 6.07) is 19.6. The van der Waals surface area contributed by atoms with Gasteiger partial charge < -0.3 is 14.8 Å². The van der Waals surface area contributed by atoms with Crippen molar-refractivity contribution in [3.63, 3.8) is 0 Å². The first kappa shape index (κ1) is 16.7. The smallest absolute Gasteiger partial charge is 0.262 e. The Hall–Kier alpha value is -3.47. The number of nitrogens with zero attached hydrogens (tertiary/aromatic N) is 1. The van der Waals surface area contributed by atoms with Gasteiger partial charge in [-0.25, -0.2) is 0 Å². The summed E-state index contributed by atoms with van der Waals surface area (Å²) in [7, 11) is 0. The van der Waals surface area contributed by atoms with Gasteiger partial charge >= 0.3 is 0 Å². The summed E-state index contributed by atoms with van der Waals surface area (Å²) in [6.07, 6.45) is -0.349. The van der Waals surface area contributed by atoms with Gasteiger partial charge in [-0.3, -0.25) is 9.69 Å². The van der Waals surface area contributed by atoms with E-state index in [1.54, 1.807) is 0 Å². The Labute approximate surface area is 163 Å². The molecule has 0 radical (unpaired) electrons. The lowest BCUT2D eigenvalue weighted by atomic mass is 10.0. The maximum absolute atomic E-state index is 13.5. The first-order valence-electron chi connectivity index (χ1n) is 9.27. The molecule has 1 amide bonds. The molecule has 0 bridgehead atoms. The van der Waals surface area contributed by atoms with E-state index in [1.807, 2.05) is 73.3 Å². The van der Waals surface area contributed by atoms with E-state index in [-0.39, 0.29) is 18.9 Å². The van der Waals surface area contributed by atoms with Gasteiger partial charge in [-0.2, -0.15) is 0 Å². The lowest BCUT2D eigenvalue weighted by Gasteiger charge is -2.38. The minimum absolute atomic E-state index is 0.0259. The molecule has 1 unspecified atom stereocenters. The summed E-state index contributed by atoms with van der Waals surface area (Å²) < 4.78 is 11.0. The summed E-state index contributed by atoms with van der Waals surface area (Å²) in [6.45, 7) is 4.31. The van der Waals surface area contributed by atoms with Crippen LogP contribution in [-0.4, -0.2) is 12.7 Å². The number of carbonyl (C=O) groups excluding carboxylic acids is 1. The zero-order valence-corrected chi connectivity index (χ0v) is 15.7. The lowest BCUT2D eigenvalue weighted by molar-refractivity contribution is 0.0975. The van der Waals surface area contributed by atoms with Crippen LogP contribution in [0.5, 0.6) is 11.5 Å². The Balaban J connectivity index is 1.67. The molecule has 0 fully saturated rings. The normalized spacial score (nSPS) is 17.3. The molecule has 1 atom stereocenters. The second-order valence-electron chi connectivity index (χ2n) is 7.23. The Morgan fingerprint density at radius 3 is 2.50 bits per heavy atom. The third-order valence-corrected chi connectivity index (χ3v) is 5.12. The molecule has 2 heterocycles. The number of benzene rings is 3. The van der Waals surface area contributed by atoms with E-state index in [2.05, 4.69) is 11.4 Å². The van der Waals surface area contributed by atoms with Crippen LogP contribution in [0.4, 0.5) is 11.4 Å². The molecular weight excluding hydrogens is 352 g/mol. The van der Waals surface area contributed by atoms with Crippen molar-refractivity contribution < 1.29 is 14.3 Å². The first-order chi connectivity index (χ1) is 13.6. The summed E-state index contributed by atoms with van der Waals surface area (Å²) in [4.78, 5) is 15.3. The van der Waals surface area contributed by atoms with Crippen molar-refractivity contribution in [1.82, 2.24) is 0 Å². The zero-order valence-electron chi connectivity index (χ0n) is 15.7. The third kappa shape index (κ3) is 2.67. The molecule has 2 aliphatic heterocycles. The number of nitrogens with one attached hydrogen (secondary N) is 1. The number of fused-ring (bicyclic) bond motifs is 2. The van der Waals surface area contributed by atoms with Gasteiger partial charge in [-0.1, -0.05) is 24.3 Å². The average Bonchev–Trinajstić information content (AvgIpc) is 3.15. The van der Waals surface area contributed by atoms with E-state index in [1.165, 1.54) is 0 Å². The SMILES string of the molecule is Cc1cc(C)cc(N2C(=O)c3ccccc3NC2c2ccc3c(c2)OCO3)c1. The maximum Gasteiger partial charge on any atom is 0.262 e. The van der Waals surface area contributed by atoms with Crippen molar-refractivity contribution in [2.75, 3.05) is 17.0 Å². The molecule has 140 valence electrons. The van der Waals surface area contributed by atoms with Gasteiger partial charge in [0.1, 0.15) is 6.17 Å². The van der Waals surface area contributed by atoms with E-state index in [9.17, 15) is 4.79 Å². The summed E-state index contributed by atoms with van der Waals surface area (Å²) in [5, 5.41) is 3.53. The number of aryl methyl sites for hydroxylation is 2. The zero-order chi connectivity index (χ0) is 19.3. The summed E-state index contributed by atoms with van der Waals surface area (Å²) in [5.41, 5.74) is 5.53. The highest BCUT2D eigenvalue weighted by molar-refractivity contribution is 6.12. The van der Waals surface area contributed by atoms with Crippen LogP contribution in [0.3, 0.4) is 0 Å². The van der Waals surface area contributed by atoms with E-state index < -0.39 is 0 Å². The predicted molar refractivity (Wildman–Crippen MR) is 108 cm³/mol. The van der Waals surface area contributed by atoms with Crippen LogP contribution in [0.15, 0.2) is 60.7 Å². The van der Waals surface area contributed by atoms with Crippen molar-refractivity contribution in [3.8, 4) is 11.5 Å². The molecule has 5 rings (SSSR count). The topological polar surface area (TPSA) is 50.8 Å².